The lowest BCUT2D eigenvalue weighted by atomic mass is 9.98. The van der Waals surface area contributed by atoms with Crippen LogP contribution < -0.4 is 11.1 Å². The highest BCUT2D eigenvalue weighted by Gasteiger charge is 2.53. The van der Waals surface area contributed by atoms with Crippen LogP contribution in [0.25, 0.3) is 0 Å². The van der Waals surface area contributed by atoms with E-state index in [0.29, 0.717) is 11.5 Å². The third-order valence-corrected chi connectivity index (χ3v) is 5.21. The molecule has 1 unspecified atom stereocenters. The highest BCUT2D eigenvalue weighted by molar-refractivity contribution is 7.51. The molecule has 0 radical (unpaired) electrons. The number of hydrogen-bond acceptors (Lipinski definition) is 8. The predicted octanol–water partition coefficient (Wildman–Crippen LogP) is -0.753. The molecule has 0 amide bonds. The van der Waals surface area contributed by atoms with Crippen molar-refractivity contribution in [3.8, 4) is 0 Å². The van der Waals surface area contributed by atoms with Crippen LogP contribution in [0.3, 0.4) is 0 Å². The van der Waals surface area contributed by atoms with E-state index < -0.39 is 43.3 Å². The molecule has 11 nitrogen and oxygen atoms in total. The van der Waals surface area contributed by atoms with Gasteiger partial charge in [0.2, 0.25) is 0 Å². The molecule has 13 heteroatoms. The number of hydrogen-bond donors (Lipinski definition) is 6. The van der Waals surface area contributed by atoms with Crippen LogP contribution in [0.4, 0.5) is 5.82 Å². The van der Waals surface area contributed by atoms with Crippen LogP contribution in [0.5, 0.6) is 0 Å². The van der Waals surface area contributed by atoms with Crippen molar-refractivity contribution in [1.82, 2.24) is 14.9 Å². The average Bonchev–Trinajstić information content (AvgIpc) is 2.97. The summed E-state index contributed by atoms with van der Waals surface area (Å²) >= 11 is 6.12. The number of nitrogens with zero attached hydrogens (tertiary/aromatic N) is 3. The lowest BCUT2D eigenvalue weighted by Crippen LogP contribution is -2.44. The van der Waals surface area contributed by atoms with Gasteiger partial charge in [-0.25, -0.2) is 4.98 Å². The zero-order chi connectivity index (χ0) is 18.6. The number of guanidine groups is 1. The molecule has 2 aliphatic rings. The molecule has 140 valence electrons. The monoisotopic (exact) mass is 395 g/mol. The largest absolute Gasteiger partial charge is 0.387 e. The van der Waals surface area contributed by atoms with Crippen LogP contribution in [0, 0.1) is 0 Å². The first-order valence-electron chi connectivity index (χ1n) is 7.39. The molecule has 1 fully saturated rings. The van der Waals surface area contributed by atoms with Gasteiger partial charge in [0.05, 0.1) is 18.5 Å². The molecule has 0 spiro atoms. The van der Waals surface area contributed by atoms with E-state index in [1.54, 1.807) is 0 Å². The molecule has 0 bridgehead atoms. The Labute approximate surface area is 147 Å². The number of aromatic nitrogens is 2. The van der Waals surface area contributed by atoms with E-state index in [2.05, 4.69) is 15.3 Å². The van der Waals surface area contributed by atoms with Gasteiger partial charge >= 0.3 is 7.60 Å². The molecular formula is C12H19ClN5O6P. The second-order valence-electron chi connectivity index (χ2n) is 6.29. The van der Waals surface area contributed by atoms with Gasteiger partial charge < -0.3 is 40.4 Å². The van der Waals surface area contributed by atoms with Crippen molar-refractivity contribution in [1.29, 1.82) is 0 Å². The maximum atomic E-state index is 11.0. The van der Waals surface area contributed by atoms with Gasteiger partial charge in [-0.1, -0.05) is 11.6 Å². The number of aliphatic hydroxyl groups excluding tert-OH is 1. The number of aliphatic hydroxyl groups is 2. The summed E-state index contributed by atoms with van der Waals surface area (Å²) in [6, 6.07) is -0.709. The van der Waals surface area contributed by atoms with Crippen molar-refractivity contribution in [3.63, 3.8) is 0 Å². The molecule has 0 saturated heterocycles. The molecule has 0 aromatic carbocycles. The SMILES string of the molecule is C[C@@]1(O)[C@H](O)[C@@H](OCP(=O)(O)O)C[C@H]1n1cnc2c1N=C(N)NC2Cl. The topological polar surface area (TPSA) is 175 Å². The average molecular weight is 396 g/mol. The minimum absolute atomic E-state index is 0.0849. The molecule has 1 aromatic heterocycles. The zero-order valence-electron chi connectivity index (χ0n) is 13.2. The van der Waals surface area contributed by atoms with Gasteiger partial charge in [-0.3, -0.25) is 4.57 Å². The van der Waals surface area contributed by atoms with Gasteiger partial charge in [0.1, 0.15) is 23.7 Å². The number of fused-ring (bicyclic) bond motifs is 1. The lowest BCUT2D eigenvalue weighted by Gasteiger charge is -2.30. The summed E-state index contributed by atoms with van der Waals surface area (Å²) in [5, 5.41) is 23.8. The van der Waals surface area contributed by atoms with Gasteiger partial charge in [0, 0.05) is 0 Å². The molecule has 25 heavy (non-hydrogen) atoms. The lowest BCUT2D eigenvalue weighted by molar-refractivity contribution is -0.0995. The number of nitrogens with two attached hydrogens (primary N) is 1. The Balaban J connectivity index is 1.90. The molecule has 2 heterocycles. The molecular weight excluding hydrogens is 377 g/mol. The standard InChI is InChI=1S/C12H19ClN5O6P/c1-12(20)6(2-5(8(12)19)24-4-25(21,22)23)18-3-15-7-9(13)16-11(14)17-10(7)18/h3,5-6,8-9,19-20H,2,4H2,1H3,(H3,14,16,17)(H2,21,22,23)/t5-,6+,8+,9?,12-/m0/s1. The van der Waals surface area contributed by atoms with E-state index in [1.165, 1.54) is 17.8 Å². The summed E-state index contributed by atoms with van der Waals surface area (Å²) in [7, 11) is -4.40. The van der Waals surface area contributed by atoms with Crippen molar-refractivity contribution in [2.75, 3.05) is 6.35 Å². The van der Waals surface area contributed by atoms with Crippen LogP contribution in [0.2, 0.25) is 0 Å². The second kappa shape index (κ2) is 6.20. The van der Waals surface area contributed by atoms with E-state index in [4.69, 9.17) is 31.9 Å². The van der Waals surface area contributed by atoms with Gasteiger partial charge in [0.25, 0.3) is 0 Å². The minimum atomic E-state index is -4.40. The van der Waals surface area contributed by atoms with Crippen LogP contribution in [-0.2, 0) is 9.30 Å². The molecule has 3 rings (SSSR count). The fourth-order valence-electron chi connectivity index (χ4n) is 3.14. The molecule has 1 aliphatic carbocycles. The highest BCUT2D eigenvalue weighted by atomic mass is 35.5. The van der Waals surface area contributed by atoms with Crippen LogP contribution in [0.1, 0.15) is 30.6 Å². The van der Waals surface area contributed by atoms with Gasteiger partial charge in [-0.15, -0.1) is 0 Å². The van der Waals surface area contributed by atoms with Gasteiger partial charge in [-0.05, 0) is 13.3 Å². The quantitative estimate of drug-likeness (QED) is 0.217. The Morgan fingerprint density at radius 2 is 2.28 bits per heavy atom. The normalized spacial score (nSPS) is 35.2. The zero-order valence-corrected chi connectivity index (χ0v) is 14.8. The summed E-state index contributed by atoms with van der Waals surface area (Å²) in [4.78, 5) is 26.2. The molecule has 5 atom stereocenters. The number of alkyl halides is 1. The van der Waals surface area contributed by atoms with Gasteiger partial charge in [0.15, 0.2) is 17.3 Å². The number of rotatable bonds is 4. The Morgan fingerprint density at radius 3 is 2.92 bits per heavy atom. The molecule has 1 aromatic rings. The number of imidazole rings is 1. The first-order chi connectivity index (χ1) is 11.5. The Kier molecular flexibility index (Phi) is 4.61. The van der Waals surface area contributed by atoms with Crippen molar-refractivity contribution in [2.45, 2.75) is 42.7 Å². The molecule has 1 saturated carbocycles. The third kappa shape index (κ3) is 3.41. The number of halogens is 1. The second-order valence-corrected chi connectivity index (χ2v) is 8.31. The Morgan fingerprint density at radius 1 is 1.60 bits per heavy atom. The summed E-state index contributed by atoms with van der Waals surface area (Å²) in [6.45, 7) is 1.40. The van der Waals surface area contributed by atoms with Crippen molar-refractivity contribution in [3.05, 3.63) is 12.0 Å². The third-order valence-electron chi connectivity index (χ3n) is 4.41. The smallest absolute Gasteiger partial charge is 0.350 e. The maximum Gasteiger partial charge on any atom is 0.350 e. The van der Waals surface area contributed by atoms with Crippen molar-refractivity contribution >= 4 is 31.0 Å². The fraction of sp³-hybridized carbons (Fsp3) is 0.667. The first-order valence-corrected chi connectivity index (χ1v) is 9.62. The Bertz CT molecular complexity index is 748. The summed E-state index contributed by atoms with van der Waals surface area (Å²) in [6.07, 6.45) is -1.68. The molecule has 1 aliphatic heterocycles. The van der Waals surface area contributed by atoms with E-state index in [1.807, 2.05) is 0 Å². The number of nitrogens with one attached hydrogen (secondary N) is 1. The highest BCUT2D eigenvalue weighted by Crippen LogP contribution is 2.46. The van der Waals surface area contributed by atoms with Crippen LogP contribution >= 0.6 is 19.2 Å². The maximum absolute atomic E-state index is 11.0. The number of aliphatic imine (C=N–C) groups is 1. The van der Waals surface area contributed by atoms with E-state index in [9.17, 15) is 14.8 Å². The fourth-order valence-corrected chi connectivity index (χ4v) is 3.80. The van der Waals surface area contributed by atoms with Crippen LogP contribution in [0.15, 0.2) is 11.3 Å². The predicted molar refractivity (Wildman–Crippen MR) is 87.3 cm³/mol. The first kappa shape index (κ1) is 18.6. The van der Waals surface area contributed by atoms with Crippen molar-refractivity contribution < 1.29 is 29.3 Å². The van der Waals surface area contributed by atoms with Crippen molar-refractivity contribution in [2.24, 2.45) is 10.7 Å². The van der Waals surface area contributed by atoms with E-state index in [0.717, 1.165) is 0 Å². The number of ether oxygens (including phenoxy) is 1. The van der Waals surface area contributed by atoms with Crippen LogP contribution in [-0.4, -0.2) is 59.7 Å². The summed E-state index contributed by atoms with van der Waals surface area (Å²) in [5.41, 5.74) is 3.76. The van der Waals surface area contributed by atoms with Gasteiger partial charge in [-0.2, -0.15) is 4.99 Å². The summed E-state index contributed by atoms with van der Waals surface area (Å²) < 4.78 is 17.6. The summed E-state index contributed by atoms with van der Waals surface area (Å²) in [5.74, 6) is 0.422. The van der Waals surface area contributed by atoms with E-state index >= 15 is 0 Å². The minimum Gasteiger partial charge on any atom is -0.387 e. The van der Waals surface area contributed by atoms with E-state index in [-0.39, 0.29) is 12.4 Å². The Hall–Kier alpha value is -1.20. The molecule has 7 N–H and O–H groups in total.